The lowest BCUT2D eigenvalue weighted by Crippen LogP contribution is -2.46. The van der Waals surface area contributed by atoms with Gasteiger partial charge in [-0.1, -0.05) is 23.7 Å². The number of carbonyl (C=O) groups excluding carboxylic acids is 2. The maximum absolute atomic E-state index is 12.0. The molecule has 2 amide bonds. The number of amides is 2. The molecule has 1 heterocycles. The zero-order chi connectivity index (χ0) is 14.9. The first-order valence-corrected chi connectivity index (χ1v) is 6.42. The van der Waals surface area contributed by atoms with Crippen LogP contribution in [0.2, 0.25) is 5.02 Å². The number of rotatable bonds is 2. The first-order chi connectivity index (χ1) is 9.45. The molecule has 0 bridgehead atoms. The van der Waals surface area contributed by atoms with Crippen molar-refractivity contribution in [2.75, 3.05) is 14.2 Å². The largest absolute Gasteiger partial charge is 0.466 e. The highest BCUT2D eigenvalue weighted by Crippen LogP contribution is 2.31. The van der Waals surface area contributed by atoms with Gasteiger partial charge in [-0.25, -0.2) is 9.59 Å². The van der Waals surface area contributed by atoms with E-state index in [2.05, 4.69) is 5.32 Å². The zero-order valence-electron chi connectivity index (χ0n) is 11.4. The van der Waals surface area contributed by atoms with Crippen molar-refractivity contribution in [2.24, 2.45) is 0 Å². The molecule has 20 heavy (non-hydrogen) atoms. The third-order valence-electron chi connectivity index (χ3n) is 3.34. The number of nitrogens with one attached hydrogen (secondary N) is 1. The Morgan fingerprint density at radius 1 is 1.45 bits per heavy atom. The second-order valence-electron chi connectivity index (χ2n) is 4.49. The Balaban J connectivity index is 2.55. The number of esters is 1. The van der Waals surface area contributed by atoms with E-state index >= 15 is 0 Å². The molecule has 106 valence electrons. The van der Waals surface area contributed by atoms with Crippen LogP contribution in [0.25, 0.3) is 0 Å². The Bertz CT molecular complexity index is 598. The SMILES string of the molecule is COC(=O)C1=C(C)N(C)C(=O)N[C@H]1c1cccc(Cl)c1. The Labute approximate surface area is 122 Å². The average molecular weight is 295 g/mol. The minimum absolute atomic E-state index is 0.278. The van der Waals surface area contributed by atoms with Gasteiger partial charge in [-0.2, -0.15) is 0 Å². The van der Waals surface area contributed by atoms with Crippen molar-refractivity contribution in [1.29, 1.82) is 0 Å². The van der Waals surface area contributed by atoms with Gasteiger partial charge in [0.1, 0.15) is 0 Å². The summed E-state index contributed by atoms with van der Waals surface area (Å²) in [5.41, 5.74) is 1.70. The molecule has 0 radical (unpaired) electrons. The number of halogens is 1. The van der Waals surface area contributed by atoms with E-state index in [-0.39, 0.29) is 6.03 Å². The summed E-state index contributed by atoms with van der Waals surface area (Å²) in [6, 6.07) is 6.18. The molecule has 1 aliphatic rings. The predicted octanol–water partition coefficient (Wildman–Crippen LogP) is 2.48. The summed E-state index contributed by atoms with van der Waals surface area (Å²) in [6.45, 7) is 1.71. The third-order valence-corrected chi connectivity index (χ3v) is 3.58. The molecule has 0 aromatic heterocycles. The molecule has 2 rings (SSSR count). The maximum atomic E-state index is 12.0. The van der Waals surface area contributed by atoms with Crippen LogP contribution in [-0.2, 0) is 9.53 Å². The molecule has 0 spiro atoms. The molecule has 1 N–H and O–H groups in total. The molecule has 1 aromatic rings. The average Bonchev–Trinajstić information content (AvgIpc) is 2.43. The van der Waals surface area contributed by atoms with E-state index in [1.165, 1.54) is 12.0 Å². The summed E-state index contributed by atoms with van der Waals surface area (Å²) >= 11 is 5.97. The summed E-state index contributed by atoms with van der Waals surface area (Å²) in [5.74, 6) is -0.473. The molecule has 1 atom stereocenters. The number of hydrogen-bond acceptors (Lipinski definition) is 3. The quantitative estimate of drug-likeness (QED) is 0.853. The van der Waals surface area contributed by atoms with E-state index in [9.17, 15) is 9.59 Å². The monoisotopic (exact) mass is 294 g/mol. The Morgan fingerprint density at radius 2 is 2.15 bits per heavy atom. The standard InChI is InChI=1S/C14H15ClN2O3/c1-8-11(13(18)20-3)12(16-14(19)17(8)2)9-5-4-6-10(15)7-9/h4-7,12H,1-3H3,(H,16,19)/t12-/m0/s1. The van der Waals surface area contributed by atoms with E-state index in [1.807, 2.05) is 0 Å². The van der Waals surface area contributed by atoms with Gasteiger partial charge >= 0.3 is 12.0 Å². The lowest BCUT2D eigenvalue weighted by molar-refractivity contribution is -0.136. The summed E-state index contributed by atoms with van der Waals surface area (Å²) < 4.78 is 4.82. The van der Waals surface area contributed by atoms with Crippen molar-refractivity contribution in [2.45, 2.75) is 13.0 Å². The van der Waals surface area contributed by atoms with Crippen molar-refractivity contribution in [1.82, 2.24) is 10.2 Å². The van der Waals surface area contributed by atoms with Crippen LogP contribution in [0.5, 0.6) is 0 Å². The summed E-state index contributed by atoms with van der Waals surface area (Å²) in [5, 5.41) is 3.31. The molecule has 0 aliphatic carbocycles. The van der Waals surface area contributed by atoms with Gasteiger partial charge in [0.05, 0.1) is 18.7 Å². The van der Waals surface area contributed by atoms with Crippen LogP contribution in [0.3, 0.4) is 0 Å². The second kappa shape index (κ2) is 5.54. The molecule has 0 saturated heterocycles. The van der Waals surface area contributed by atoms with Gasteiger partial charge in [0, 0.05) is 17.8 Å². The molecule has 6 heteroatoms. The molecule has 1 aliphatic heterocycles. The van der Waals surface area contributed by atoms with Crippen molar-refractivity contribution in [3.05, 3.63) is 46.1 Å². The normalized spacial score (nSPS) is 18.9. The molecular weight excluding hydrogens is 280 g/mol. The first-order valence-electron chi connectivity index (χ1n) is 6.04. The lowest BCUT2D eigenvalue weighted by Gasteiger charge is -2.33. The van der Waals surface area contributed by atoms with Crippen LogP contribution in [0.4, 0.5) is 4.79 Å². The van der Waals surface area contributed by atoms with E-state index < -0.39 is 12.0 Å². The van der Waals surface area contributed by atoms with Crippen molar-refractivity contribution in [3.8, 4) is 0 Å². The van der Waals surface area contributed by atoms with Crippen LogP contribution < -0.4 is 5.32 Å². The van der Waals surface area contributed by atoms with Gasteiger partial charge < -0.3 is 15.0 Å². The first kappa shape index (κ1) is 14.4. The minimum atomic E-state index is -0.565. The number of hydrogen-bond donors (Lipinski definition) is 1. The number of urea groups is 1. The van der Waals surface area contributed by atoms with Gasteiger partial charge in [-0.15, -0.1) is 0 Å². The van der Waals surface area contributed by atoms with Gasteiger partial charge in [-0.05, 0) is 24.6 Å². The zero-order valence-corrected chi connectivity index (χ0v) is 12.2. The molecule has 1 aromatic carbocycles. The topological polar surface area (TPSA) is 58.6 Å². The fraction of sp³-hybridized carbons (Fsp3) is 0.286. The highest BCUT2D eigenvalue weighted by Gasteiger charge is 2.34. The van der Waals surface area contributed by atoms with Gasteiger partial charge in [0.2, 0.25) is 0 Å². The Kier molecular flexibility index (Phi) is 3.99. The molecular formula is C14H15ClN2O3. The number of nitrogens with zero attached hydrogens (tertiary/aromatic N) is 1. The predicted molar refractivity (Wildman–Crippen MR) is 75.2 cm³/mol. The van der Waals surface area contributed by atoms with Gasteiger partial charge in [0.15, 0.2) is 0 Å². The van der Waals surface area contributed by atoms with Crippen molar-refractivity contribution in [3.63, 3.8) is 0 Å². The van der Waals surface area contributed by atoms with Crippen LogP contribution in [0, 0.1) is 0 Å². The highest BCUT2D eigenvalue weighted by atomic mass is 35.5. The second-order valence-corrected chi connectivity index (χ2v) is 4.92. The molecule has 0 unspecified atom stereocenters. The summed E-state index contributed by atoms with van der Waals surface area (Å²) in [7, 11) is 2.91. The fourth-order valence-electron chi connectivity index (χ4n) is 2.15. The summed E-state index contributed by atoms with van der Waals surface area (Å²) in [6.07, 6.45) is 0. The molecule has 0 saturated carbocycles. The van der Waals surface area contributed by atoms with Crippen molar-refractivity contribution >= 4 is 23.6 Å². The number of ether oxygens (including phenoxy) is 1. The highest BCUT2D eigenvalue weighted by molar-refractivity contribution is 6.30. The van der Waals surface area contributed by atoms with E-state index in [1.54, 1.807) is 38.2 Å². The maximum Gasteiger partial charge on any atom is 0.337 e. The van der Waals surface area contributed by atoms with E-state index in [0.717, 1.165) is 5.56 Å². The van der Waals surface area contributed by atoms with E-state index in [0.29, 0.717) is 16.3 Å². The Hall–Kier alpha value is -2.01. The molecule has 0 fully saturated rings. The number of allylic oxidation sites excluding steroid dienone is 1. The smallest absolute Gasteiger partial charge is 0.337 e. The minimum Gasteiger partial charge on any atom is -0.466 e. The van der Waals surface area contributed by atoms with E-state index in [4.69, 9.17) is 16.3 Å². The number of carbonyl (C=O) groups is 2. The van der Waals surface area contributed by atoms with Gasteiger partial charge in [0.25, 0.3) is 0 Å². The summed E-state index contributed by atoms with van der Waals surface area (Å²) in [4.78, 5) is 25.3. The van der Waals surface area contributed by atoms with Crippen LogP contribution in [0.15, 0.2) is 35.5 Å². The van der Waals surface area contributed by atoms with Crippen LogP contribution in [-0.4, -0.2) is 31.1 Å². The number of methoxy groups -OCH3 is 1. The van der Waals surface area contributed by atoms with Crippen LogP contribution >= 0.6 is 11.6 Å². The lowest BCUT2D eigenvalue weighted by atomic mass is 9.95. The number of benzene rings is 1. The third kappa shape index (κ3) is 2.49. The fourth-order valence-corrected chi connectivity index (χ4v) is 2.34. The Morgan fingerprint density at radius 3 is 2.75 bits per heavy atom. The van der Waals surface area contributed by atoms with Crippen LogP contribution in [0.1, 0.15) is 18.5 Å². The molecule has 5 nitrogen and oxygen atoms in total. The van der Waals surface area contributed by atoms with Gasteiger partial charge in [-0.3, -0.25) is 0 Å². The van der Waals surface area contributed by atoms with Crippen molar-refractivity contribution < 1.29 is 14.3 Å².